The van der Waals surface area contributed by atoms with Crippen molar-refractivity contribution in [2.45, 2.75) is 25.5 Å². The number of aliphatic hydroxyl groups is 1. The summed E-state index contributed by atoms with van der Waals surface area (Å²) in [7, 11) is 0. The molecule has 3 heterocycles. The Morgan fingerprint density at radius 3 is 2.68 bits per heavy atom. The topological polar surface area (TPSA) is 78.7 Å². The van der Waals surface area contributed by atoms with E-state index in [-0.39, 0.29) is 5.91 Å². The largest absolute Gasteiger partial charge is 0.365 e. The van der Waals surface area contributed by atoms with Crippen LogP contribution in [0.5, 0.6) is 0 Å². The van der Waals surface area contributed by atoms with Crippen LogP contribution in [0.25, 0.3) is 0 Å². The van der Waals surface area contributed by atoms with Gasteiger partial charge in [-0.3, -0.25) is 14.8 Å². The number of carbonyl (C=O) groups is 1. The van der Waals surface area contributed by atoms with Crippen LogP contribution in [0.1, 0.15) is 35.7 Å². The van der Waals surface area contributed by atoms with Gasteiger partial charge in [0.15, 0.2) is 5.72 Å². The molecule has 6 nitrogen and oxygen atoms in total. The minimum Gasteiger partial charge on any atom is -0.365 e. The van der Waals surface area contributed by atoms with Crippen molar-refractivity contribution < 1.29 is 9.90 Å². The van der Waals surface area contributed by atoms with Gasteiger partial charge in [0.2, 0.25) is 0 Å². The molecule has 1 atom stereocenters. The van der Waals surface area contributed by atoms with Gasteiger partial charge in [-0.25, -0.2) is 0 Å². The van der Waals surface area contributed by atoms with E-state index in [0.717, 1.165) is 10.7 Å². The summed E-state index contributed by atoms with van der Waals surface area (Å²) in [4.78, 5) is 20.6. The maximum Gasteiger partial charge on any atom is 0.278 e. The molecule has 0 radical (unpaired) electrons. The normalized spacial score (nSPS) is 20.8. The van der Waals surface area contributed by atoms with Crippen LogP contribution in [0.3, 0.4) is 0 Å². The number of nitrogens with zero attached hydrogens (tertiary/aromatic N) is 4. The van der Waals surface area contributed by atoms with Crippen molar-refractivity contribution in [2.75, 3.05) is 0 Å². The standard InChI is InChI=1S/C16H16N4O2/c1-2-14-10-16(22,13-5-8-17-9-6-13)20(19-14)15(21)12-4-3-7-18-11-12/h3-9,11,22H,2,10H2,1H3. The third kappa shape index (κ3) is 2.37. The summed E-state index contributed by atoms with van der Waals surface area (Å²) < 4.78 is 0. The molecule has 0 aliphatic carbocycles. The van der Waals surface area contributed by atoms with E-state index in [1.165, 1.54) is 6.20 Å². The number of hydrazone groups is 1. The Morgan fingerprint density at radius 1 is 1.27 bits per heavy atom. The average Bonchev–Trinajstić information content (AvgIpc) is 2.94. The van der Waals surface area contributed by atoms with Gasteiger partial charge in [-0.15, -0.1) is 0 Å². The predicted molar refractivity (Wildman–Crippen MR) is 80.9 cm³/mol. The number of carbonyl (C=O) groups excluding carboxylic acids is 1. The molecule has 0 fully saturated rings. The lowest BCUT2D eigenvalue weighted by molar-refractivity contribution is -0.0766. The van der Waals surface area contributed by atoms with Gasteiger partial charge in [0.1, 0.15) is 0 Å². The Hall–Kier alpha value is -2.60. The highest BCUT2D eigenvalue weighted by Crippen LogP contribution is 2.36. The van der Waals surface area contributed by atoms with Crippen LogP contribution >= 0.6 is 0 Å². The van der Waals surface area contributed by atoms with Gasteiger partial charge in [0.25, 0.3) is 5.91 Å². The van der Waals surface area contributed by atoms with Crippen LogP contribution in [-0.2, 0) is 5.72 Å². The molecule has 0 spiro atoms. The Balaban J connectivity index is 2.02. The van der Waals surface area contributed by atoms with Crippen LogP contribution in [0, 0.1) is 0 Å². The Morgan fingerprint density at radius 2 is 2.05 bits per heavy atom. The molecule has 1 aliphatic heterocycles. The number of aromatic nitrogens is 2. The number of hydrogen-bond acceptors (Lipinski definition) is 5. The molecular formula is C16H16N4O2. The molecule has 1 amide bonds. The molecule has 112 valence electrons. The lowest BCUT2D eigenvalue weighted by atomic mass is 9.97. The number of pyridine rings is 2. The molecule has 22 heavy (non-hydrogen) atoms. The van der Waals surface area contributed by atoms with Crippen LogP contribution in [0.2, 0.25) is 0 Å². The van der Waals surface area contributed by atoms with Gasteiger partial charge in [-0.2, -0.15) is 10.1 Å². The van der Waals surface area contributed by atoms with E-state index in [0.29, 0.717) is 24.0 Å². The third-order valence-corrected chi connectivity index (χ3v) is 3.69. The maximum atomic E-state index is 12.7. The van der Waals surface area contributed by atoms with Crippen molar-refractivity contribution in [3.05, 3.63) is 60.2 Å². The highest BCUT2D eigenvalue weighted by atomic mass is 16.3. The second-order valence-corrected chi connectivity index (χ2v) is 5.11. The molecule has 2 aromatic heterocycles. The zero-order valence-corrected chi connectivity index (χ0v) is 12.2. The first-order chi connectivity index (χ1) is 10.6. The minimum absolute atomic E-state index is 0.291. The quantitative estimate of drug-likeness (QED) is 0.938. The Kier molecular flexibility index (Phi) is 3.68. The molecule has 0 saturated carbocycles. The second kappa shape index (κ2) is 5.65. The van der Waals surface area contributed by atoms with E-state index in [1.807, 2.05) is 6.92 Å². The summed E-state index contributed by atoms with van der Waals surface area (Å²) in [6.07, 6.45) is 7.20. The summed E-state index contributed by atoms with van der Waals surface area (Å²) in [6, 6.07) is 6.72. The lowest BCUT2D eigenvalue weighted by Gasteiger charge is -2.31. The van der Waals surface area contributed by atoms with Crippen molar-refractivity contribution in [3.8, 4) is 0 Å². The van der Waals surface area contributed by atoms with E-state index in [2.05, 4.69) is 15.1 Å². The van der Waals surface area contributed by atoms with Gasteiger partial charge in [-0.05, 0) is 30.7 Å². The molecule has 0 saturated heterocycles. The van der Waals surface area contributed by atoms with E-state index in [9.17, 15) is 9.90 Å². The molecule has 1 N–H and O–H groups in total. The summed E-state index contributed by atoms with van der Waals surface area (Å²) in [6.45, 7) is 1.95. The summed E-state index contributed by atoms with van der Waals surface area (Å²) in [5, 5.41) is 16.6. The Bertz CT molecular complexity index is 703. The molecule has 0 aromatic carbocycles. The summed E-state index contributed by atoms with van der Waals surface area (Å²) in [5.41, 5.74) is 0.265. The fourth-order valence-electron chi connectivity index (χ4n) is 2.48. The zero-order chi connectivity index (χ0) is 15.6. The lowest BCUT2D eigenvalue weighted by Crippen LogP contribution is -2.43. The molecule has 1 aliphatic rings. The zero-order valence-electron chi connectivity index (χ0n) is 12.2. The number of hydrogen-bond donors (Lipinski definition) is 1. The van der Waals surface area contributed by atoms with Crippen molar-refractivity contribution in [1.82, 2.24) is 15.0 Å². The fraction of sp³-hybridized carbons (Fsp3) is 0.250. The average molecular weight is 296 g/mol. The molecule has 3 rings (SSSR count). The van der Waals surface area contributed by atoms with Gasteiger partial charge in [-0.1, -0.05) is 6.92 Å². The first kappa shape index (κ1) is 14.3. The highest BCUT2D eigenvalue weighted by Gasteiger charge is 2.45. The predicted octanol–water partition coefficient (Wildman–Crippen LogP) is 1.93. The molecule has 6 heteroatoms. The molecular weight excluding hydrogens is 280 g/mol. The van der Waals surface area contributed by atoms with Crippen LogP contribution in [0.15, 0.2) is 54.2 Å². The van der Waals surface area contributed by atoms with Crippen LogP contribution in [-0.4, -0.2) is 31.7 Å². The summed E-state index contributed by atoms with van der Waals surface area (Å²) >= 11 is 0. The fourth-order valence-corrected chi connectivity index (χ4v) is 2.48. The summed E-state index contributed by atoms with van der Waals surface area (Å²) in [5.74, 6) is -0.379. The molecule has 0 bridgehead atoms. The van der Waals surface area contributed by atoms with E-state index in [1.54, 1.807) is 42.9 Å². The molecule has 1 unspecified atom stereocenters. The van der Waals surface area contributed by atoms with Gasteiger partial charge in [0, 0.05) is 42.5 Å². The number of rotatable bonds is 3. The first-order valence-electron chi connectivity index (χ1n) is 7.09. The second-order valence-electron chi connectivity index (χ2n) is 5.11. The van der Waals surface area contributed by atoms with Gasteiger partial charge < -0.3 is 5.11 Å². The molecule has 2 aromatic rings. The van der Waals surface area contributed by atoms with Crippen molar-refractivity contribution in [1.29, 1.82) is 0 Å². The van der Waals surface area contributed by atoms with Crippen molar-refractivity contribution >= 4 is 11.6 Å². The van der Waals surface area contributed by atoms with Crippen LogP contribution in [0.4, 0.5) is 0 Å². The maximum absolute atomic E-state index is 12.7. The third-order valence-electron chi connectivity index (χ3n) is 3.69. The minimum atomic E-state index is -1.48. The first-order valence-corrected chi connectivity index (χ1v) is 7.09. The van der Waals surface area contributed by atoms with Crippen LogP contribution < -0.4 is 0 Å². The van der Waals surface area contributed by atoms with Crippen molar-refractivity contribution in [3.63, 3.8) is 0 Å². The van der Waals surface area contributed by atoms with E-state index < -0.39 is 5.72 Å². The monoisotopic (exact) mass is 296 g/mol. The van der Waals surface area contributed by atoms with E-state index >= 15 is 0 Å². The Labute approximate surface area is 128 Å². The van der Waals surface area contributed by atoms with E-state index in [4.69, 9.17) is 0 Å². The van der Waals surface area contributed by atoms with Crippen molar-refractivity contribution in [2.24, 2.45) is 5.10 Å². The smallest absolute Gasteiger partial charge is 0.278 e. The number of amides is 1. The highest BCUT2D eigenvalue weighted by molar-refractivity contribution is 5.98. The van der Waals surface area contributed by atoms with Gasteiger partial charge >= 0.3 is 0 Å². The van der Waals surface area contributed by atoms with Gasteiger partial charge in [0.05, 0.1) is 5.56 Å². The SMILES string of the molecule is CCC1=NN(C(=O)c2cccnc2)C(O)(c2ccncc2)C1.